The Labute approximate surface area is 118 Å². The molecule has 0 unspecified atom stereocenters. The number of carbonyl (C=O) groups is 1. The van der Waals surface area contributed by atoms with Crippen LogP contribution >= 0.6 is 0 Å². The summed E-state index contributed by atoms with van der Waals surface area (Å²) < 4.78 is 0. The Hall–Kier alpha value is -2.68. The summed E-state index contributed by atoms with van der Waals surface area (Å²) in [6.07, 6.45) is 3.86. The van der Waals surface area contributed by atoms with E-state index in [4.69, 9.17) is 0 Å². The van der Waals surface area contributed by atoms with Crippen molar-refractivity contribution in [1.82, 2.24) is 5.43 Å². The zero-order valence-electron chi connectivity index (χ0n) is 11.3. The van der Waals surface area contributed by atoms with Crippen molar-refractivity contribution in [3.8, 4) is 0 Å². The van der Waals surface area contributed by atoms with Crippen molar-refractivity contribution in [1.29, 1.82) is 0 Å². The summed E-state index contributed by atoms with van der Waals surface area (Å²) in [5, 5.41) is 4.14. The minimum Gasteiger partial charge on any atom is -0.274 e. The molecule has 3 heteroatoms. The molecule has 0 aliphatic carbocycles. The molecule has 0 heterocycles. The van der Waals surface area contributed by atoms with E-state index >= 15 is 0 Å². The molecule has 0 spiro atoms. The van der Waals surface area contributed by atoms with E-state index < -0.39 is 0 Å². The normalized spacial score (nSPS) is 11.6. The smallest absolute Gasteiger partial charge is 0.236 e. The van der Waals surface area contributed by atoms with Crippen LogP contribution in [0.5, 0.6) is 0 Å². The van der Waals surface area contributed by atoms with Gasteiger partial charge in [0.1, 0.15) is 0 Å². The zero-order chi connectivity index (χ0) is 14.2. The van der Waals surface area contributed by atoms with E-state index in [0.717, 1.165) is 11.1 Å². The highest BCUT2D eigenvalue weighted by Gasteiger charge is 1.99. The van der Waals surface area contributed by atoms with Gasteiger partial charge in [0.05, 0.1) is 5.71 Å². The number of amides is 1. The number of hydrazone groups is 1. The third kappa shape index (κ3) is 4.21. The van der Waals surface area contributed by atoms with Crippen LogP contribution in [0.1, 0.15) is 18.1 Å². The number of hydrogen-bond acceptors (Lipinski definition) is 2. The van der Waals surface area contributed by atoms with Crippen molar-refractivity contribution in [3.63, 3.8) is 0 Å². The average molecular weight is 264 g/mol. The second-order valence-corrected chi connectivity index (χ2v) is 4.28. The largest absolute Gasteiger partial charge is 0.274 e. The zero-order valence-corrected chi connectivity index (χ0v) is 11.3. The standard InChI is InChI=1S/C17H16N2O/c1-14(20)18-19-17(16-10-6-3-7-11-16)13-12-15-8-4-2-5-9-15/h2-13H,1H3,(H,18,20)/b13-12+,19-17+. The number of benzene rings is 2. The molecular formula is C17H16N2O. The lowest BCUT2D eigenvalue weighted by Gasteiger charge is -2.02. The molecule has 0 atom stereocenters. The second kappa shape index (κ2) is 7.04. The van der Waals surface area contributed by atoms with Gasteiger partial charge >= 0.3 is 0 Å². The van der Waals surface area contributed by atoms with Gasteiger partial charge in [-0.1, -0.05) is 66.7 Å². The van der Waals surface area contributed by atoms with Crippen molar-refractivity contribution in [2.75, 3.05) is 0 Å². The van der Waals surface area contributed by atoms with Crippen LogP contribution in [0, 0.1) is 0 Å². The molecule has 2 rings (SSSR count). The number of nitrogens with zero attached hydrogens (tertiary/aromatic N) is 1. The molecule has 0 aliphatic heterocycles. The summed E-state index contributed by atoms with van der Waals surface area (Å²) in [7, 11) is 0. The van der Waals surface area contributed by atoms with E-state index in [-0.39, 0.29) is 5.91 Å². The third-order valence-electron chi connectivity index (χ3n) is 2.64. The van der Waals surface area contributed by atoms with Gasteiger partial charge in [0.25, 0.3) is 0 Å². The fraction of sp³-hybridized carbons (Fsp3) is 0.0588. The van der Waals surface area contributed by atoms with Gasteiger partial charge in [-0.15, -0.1) is 0 Å². The van der Waals surface area contributed by atoms with Gasteiger partial charge in [0.2, 0.25) is 5.91 Å². The number of allylic oxidation sites excluding steroid dienone is 1. The second-order valence-electron chi connectivity index (χ2n) is 4.28. The molecular weight excluding hydrogens is 248 g/mol. The van der Waals surface area contributed by atoms with E-state index in [0.29, 0.717) is 5.71 Å². The predicted molar refractivity (Wildman–Crippen MR) is 82.3 cm³/mol. The van der Waals surface area contributed by atoms with Crippen molar-refractivity contribution in [2.45, 2.75) is 6.92 Å². The molecule has 2 aromatic carbocycles. The first-order valence-corrected chi connectivity index (χ1v) is 6.38. The molecule has 1 N–H and O–H groups in total. The van der Waals surface area contributed by atoms with Gasteiger partial charge < -0.3 is 0 Å². The number of nitrogens with one attached hydrogen (secondary N) is 1. The van der Waals surface area contributed by atoms with Crippen molar-refractivity contribution < 1.29 is 4.79 Å². The Kier molecular flexibility index (Phi) is 4.84. The topological polar surface area (TPSA) is 41.5 Å². The van der Waals surface area contributed by atoms with Crippen LogP contribution in [0.15, 0.2) is 71.8 Å². The first-order chi connectivity index (χ1) is 9.75. The lowest BCUT2D eigenvalue weighted by atomic mass is 10.1. The molecule has 0 saturated carbocycles. The monoisotopic (exact) mass is 264 g/mol. The highest BCUT2D eigenvalue weighted by atomic mass is 16.2. The number of hydrogen-bond donors (Lipinski definition) is 1. The maximum absolute atomic E-state index is 11.0. The third-order valence-corrected chi connectivity index (χ3v) is 2.64. The molecule has 0 bridgehead atoms. The van der Waals surface area contributed by atoms with Gasteiger partial charge in [-0.2, -0.15) is 5.10 Å². The SMILES string of the molecule is CC(=O)N/N=C(\C=C\c1ccccc1)c1ccccc1. The predicted octanol–water partition coefficient (Wildman–Crippen LogP) is 3.24. The Balaban J connectivity index is 2.26. The number of carbonyl (C=O) groups excluding carboxylic acids is 1. The van der Waals surface area contributed by atoms with E-state index in [1.165, 1.54) is 6.92 Å². The fourth-order valence-electron chi connectivity index (χ4n) is 1.69. The lowest BCUT2D eigenvalue weighted by Crippen LogP contribution is -2.15. The van der Waals surface area contributed by atoms with E-state index in [2.05, 4.69) is 10.5 Å². The van der Waals surface area contributed by atoms with Crippen molar-refractivity contribution in [2.24, 2.45) is 5.10 Å². The van der Waals surface area contributed by atoms with Gasteiger partial charge in [-0.3, -0.25) is 4.79 Å². The van der Waals surface area contributed by atoms with Crippen LogP contribution in [-0.2, 0) is 4.79 Å². The highest BCUT2D eigenvalue weighted by Crippen LogP contribution is 2.06. The maximum atomic E-state index is 11.0. The lowest BCUT2D eigenvalue weighted by molar-refractivity contribution is -0.118. The van der Waals surface area contributed by atoms with Gasteiger partial charge in [-0.25, -0.2) is 5.43 Å². The Morgan fingerprint density at radius 1 is 1.00 bits per heavy atom. The molecule has 0 radical (unpaired) electrons. The Bertz CT molecular complexity index is 616. The Morgan fingerprint density at radius 3 is 2.20 bits per heavy atom. The fourth-order valence-corrected chi connectivity index (χ4v) is 1.69. The van der Waals surface area contributed by atoms with E-state index in [1.807, 2.05) is 72.8 Å². The molecule has 0 aromatic heterocycles. The summed E-state index contributed by atoms with van der Waals surface area (Å²) in [5.41, 5.74) is 5.23. The molecule has 0 aliphatic rings. The molecule has 1 amide bonds. The van der Waals surface area contributed by atoms with Gasteiger partial charge in [0, 0.05) is 12.5 Å². The molecule has 2 aromatic rings. The summed E-state index contributed by atoms with van der Waals surface area (Å²) in [4.78, 5) is 11.0. The molecule has 3 nitrogen and oxygen atoms in total. The van der Waals surface area contributed by atoms with Crippen LogP contribution in [0.3, 0.4) is 0 Å². The molecule has 20 heavy (non-hydrogen) atoms. The first kappa shape index (κ1) is 13.7. The van der Waals surface area contributed by atoms with E-state index in [1.54, 1.807) is 0 Å². The molecule has 0 saturated heterocycles. The summed E-state index contributed by atoms with van der Waals surface area (Å²) >= 11 is 0. The van der Waals surface area contributed by atoms with Crippen molar-refractivity contribution in [3.05, 3.63) is 77.9 Å². The van der Waals surface area contributed by atoms with Crippen LogP contribution in [0.2, 0.25) is 0 Å². The minimum absolute atomic E-state index is 0.188. The Morgan fingerprint density at radius 2 is 1.60 bits per heavy atom. The van der Waals surface area contributed by atoms with E-state index in [9.17, 15) is 4.79 Å². The summed E-state index contributed by atoms with van der Waals surface area (Å²) in [6.45, 7) is 1.44. The van der Waals surface area contributed by atoms with Crippen LogP contribution < -0.4 is 5.43 Å². The summed E-state index contributed by atoms with van der Waals surface area (Å²) in [5.74, 6) is -0.188. The number of rotatable bonds is 4. The van der Waals surface area contributed by atoms with Gasteiger partial charge in [-0.05, 0) is 11.6 Å². The summed E-state index contributed by atoms with van der Waals surface area (Å²) in [6, 6.07) is 19.7. The average Bonchev–Trinajstić information content (AvgIpc) is 2.49. The molecule has 0 fully saturated rings. The minimum atomic E-state index is -0.188. The highest BCUT2D eigenvalue weighted by molar-refractivity contribution is 6.10. The van der Waals surface area contributed by atoms with Crippen LogP contribution in [0.25, 0.3) is 6.08 Å². The van der Waals surface area contributed by atoms with Gasteiger partial charge in [0.15, 0.2) is 0 Å². The van der Waals surface area contributed by atoms with Crippen LogP contribution in [-0.4, -0.2) is 11.6 Å². The molecule has 100 valence electrons. The maximum Gasteiger partial charge on any atom is 0.236 e. The van der Waals surface area contributed by atoms with Crippen molar-refractivity contribution >= 4 is 17.7 Å². The van der Waals surface area contributed by atoms with Crippen LogP contribution in [0.4, 0.5) is 0 Å². The quantitative estimate of drug-likeness (QED) is 0.668. The first-order valence-electron chi connectivity index (χ1n) is 6.38.